The minimum absolute atomic E-state index is 0.447. The van der Waals surface area contributed by atoms with E-state index >= 15 is 0 Å². The Morgan fingerprint density at radius 2 is 2.24 bits per heavy atom. The third-order valence-electron chi connectivity index (χ3n) is 2.81. The van der Waals surface area contributed by atoms with Crippen molar-refractivity contribution in [3.8, 4) is 0 Å². The van der Waals surface area contributed by atoms with Gasteiger partial charge in [0.1, 0.15) is 0 Å². The zero-order valence-electron chi connectivity index (χ0n) is 9.48. The topological polar surface area (TPSA) is 39.4 Å². The maximum absolute atomic E-state index is 6.14. The Morgan fingerprint density at radius 3 is 3.00 bits per heavy atom. The molecule has 0 aromatic carbocycles. The molecule has 5 heteroatoms. The monoisotopic (exact) mass is 249 g/mol. The molecular formula is C12H12ClN3O. The molecule has 1 aliphatic heterocycles. The van der Waals surface area contributed by atoms with Crippen LogP contribution in [0, 0.1) is 6.92 Å². The lowest BCUT2D eigenvalue weighted by Crippen LogP contribution is -2.06. The first-order chi connectivity index (χ1) is 8.24. The second-order valence-corrected chi connectivity index (χ2v) is 4.44. The van der Waals surface area contributed by atoms with E-state index in [1.165, 1.54) is 5.57 Å². The number of aromatic nitrogens is 3. The predicted octanol–water partition coefficient (Wildman–Crippen LogP) is 2.49. The Labute approximate surface area is 104 Å². The molecule has 0 N–H and O–H groups in total. The summed E-state index contributed by atoms with van der Waals surface area (Å²) in [5.74, 6) is 0. The molecule has 2 aromatic heterocycles. The van der Waals surface area contributed by atoms with Crippen molar-refractivity contribution >= 4 is 22.8 Å². The lowest BCUT2D eigenvalue weighted by molar-refractivity contribution is 0.161. The number of rotatable bonds is 1. The number of aryl methyl sites for hydroxylation is 1. The molecule has 0 bridgehead atoms. The molecule has 1 aliphatic rings. The van der Waals surface area contributed by atoms with E-state index in [0.29, 0.717) is 17.4 Å². The number of hydrogen-bond donors (Lipinski definition) is 0. The van der Waals surface area contributed by atoms with Gasteiger partial charge in [0.25, 0.3) is 0 Å². The number of ether oxygens (including phenoxy) is 1. The molecule has 0 amide bonds. The minimum Gasteiger partial charge on any atom is -0.377 e. The van der Waals surface area contributed by atoms with Crippen molar-refractivity contribution in [2.75, 3.05) is 13.2 Å². The third kappa shape index (κ3) is 1.94. The second-order valence-electron chi connectivity index (χ2n) is 4.08. The van der Waals surface area contributed by atoms with E-state index in [-0.39, 0.29) is 0 Å². The lowest BCUT2D eigenvalue weighted by Gasteiger charge is -2.13. The van der Waals surface area contributed by atoms with Gasteiger partial charge < -0.3 is 9.14 Å². The van der Waals surface area contributed by atoms with E-state index in [0.717, 1.165) is 24.4 Å². The molecule has 3 heterocycles. The van der Waals surface area contributed by atoms with Gasteiger partial charge in [-0.2, -0.15) is 0 Å². The van der Waals surface area contributed by atoms with Crippen molar-refractivity contribution in [2.24, 2.45) is 0 Å². The van der Waals surface area contributed by atoms with Crippen LogP contribution in [0.25, 0.3) is 11.2 Å². The lowest BCUT2D eigenvalue weighted by atomic mass is 10.1. The fourth-order valence-corrected chi connectivity index (χ4v) is 2.23. The summed E-state index contributed by atoms with van der Waals surface area (Å²) in [5.41, 5.74) is 3.74. The molecular weight excluding hydrogens is 238 g/mol. The molecule has 0 radical (unpaired) electrons. The summed E-state index contributed by atoms with van der Waals surface area (Å²) in [6, 6.07) is 0. The highest BCUT2D eigenvalue weighted by molar-refractivity contribution is 6.32. The zero-order valence-corrected chi connectivity index (χ0v) is 10.2. The molecule has 17 heavy (non-hydrogen) atoms. The molecule has 4 nitrogen and oxygen atoms in total. The van der Waals surface area contributed by atoms with Crippen LogP contribution in [-0.4, -0.2) is 27.6 Å². The van der Waals surface area contributed by atoms with Gasteiger partial charge in [0.05, 0.1) is 24.6 Å². The highest BCUT2D eigenvalue weighted by Crippen LogP contribution is 2.23. The number of imidazole rings is 1. The van der Waals surface area contributed by atoms with E-state index < -0.39 is 0 Å². The molecule has 0 saturated carbocycles. The van der Waals surface area contributed by atoms with E-state index in [2.05, 4.69) is 16.0 Å². The summed E-state index contributed by atoms with van der Waals surface area (Å²) < 4.78 is 7.21. The van der Waals surface area contributed by atoms with Crippen LogP contribution >= 0.6 is 11.6 Å². The molecule has 0 unspecified atom stereocenters. The number of halogens is 1. The van der Waals surface area contributed by atoms with E-state index in [4.69, 9.17) is 16.3 Å². The Bertz CT molecular complexity index is 603. The molecule has 0 fully saturated rings. The van der Waals surface area contributed by atoms with Crippen LogP contribution in [0.2, 0.25) is 5.15 Å². The largest absolute Gasteiger partial charge is 0.377 e. The van der Waals surface area contributed by atoms with Crippen LogP contribution in [0.3, 0.4) is 0 Å². The molecule has 0 atom stereocenters. The summed E-state index contributed by atoms with van der Waals surface area (Å²) >= 11 is 6.14. The smallest absolute Gasteiger partial charge is 0.175 e. The Balaban J connectivity index is 2.14. The normalized spacial score (nSPS) is 16.2. The van der Waals surface area contributed by atoms with Crippen LogP contribution in [-0.2, 0) is 4.74 Å². The van der Waals surface area contributed by atoms with Crippen molar-refractivity contribution in [3.05, 3.63) is 35.0 Å². The standard InChI is InChI=1S/C12H12ClN3O/c1-8-6-16-7-10(9-2-4-17-5-3-9)15-11(13)12(16)14-8/h2,6-7H,3-5H2,1H3. The van der Waals surface area contributed by atoms with Crippen molar-refractivity contribution in [2.45, 2.75) is 13.3 Å². The first-order valence-electron chi connectivity index (χ1n) is 5.53. The van der Waals surface area contributed by atoms with Crippen molar-refractivity contribution in [1.29, 1.82) is 0 Å². The highest BCUT2D eigenvalue weighted by Gasteiger charge is 2.12. The van der Waals surface area contributed by atoms with Crippen LogP contribution in [0.5, 0.6) is 0 Å². The van der Waals surface area contributed by atoms with Gasteiger partial charge in [-0.1, -0.05) is 17.7 Å². The Kier molecular flexibility index (Phi) is 2.61. The van der Waals surface area contributed by atoms with Gasteiger partial charge in [0, 0.05) is 12.4 Å². The average molecular weight is 250 g/mol. The molecule has 88 valence electrons. The van der Waals surface area contributed by atoms with Gasteiger partial charge in [-0.3, -0.25) is 0 Å². The first-order valence-corrected chi connectivity index (χ1v) is 5.91. The van der Waals surface area contributed by atoms with Crippen LogP contribution < -0.4 is 0 Å². The van der Waals surface area contributed by atoms with Gasteiger partial charge in [-0.05, 0) is 18.9 Å². The summed E-state index contributed by atoms with van der Waals surface area (Å²) in [5, 5.41) is 0.447. The molecule has 2 aromatic rings. The van der Waals surface area contributed by atoms with Crippen molar-refractivity contribution in [3.63, 3.8) is 0 Å². The summed E-state index contributed by atoms with van der Waals surface area (Å²) in [7, 11) is 0. The van der Waals surface area contributed by atoms with Gasteiger partial charge >= 0.3 is 0 Å². The molecule has 0 aliphatic carbocycles. The molecule has 0 spiro atoms. The third-order valence-corrected chi connectivity index (χ3v) is 3.06. The first kappa shape index (κ1) is 10.7. The van der Waals surface area contributed by atoms with E-state index in [9.17, 15) is 0 Å². The molecule has 3 rings (SSSR count). The number of fused-ring (bicyclic) bond motifs is 1. The van der Waals surface area contributed by atoms with Crippen molar-refractivity contribution in [1.82, 2.24) is 14.4 Å². The number of nitrogens with zero attached hydrogens (tertiary/aromatic N) is 3. The fourth-order valence-electron chi connectivity index (χ4n) is 2.00. The molecule has 0 saturated heterocycles. The fraction of sp³-hybridized carbons (Fsp3) is 0.333. The van der Waals surface area contributed by atoms with Gasteiger partial charge in [-0.25, -0.2) is 9.97 Å². The van der Waals surface area contributed by atoms with Crippen molar-refractivity contribution < 1.29 is 4.74 Å². The SMILES string of the molecule is Cc1cn2cc(C3=CCOCC3)nc(Cl)c2n1. The summed E-state index contributed by atoms with van der Waals surface area (Å²) in [6.45, 7) is 3.33. The Hall–Kier alpha value is -1.39. The van der Waals surface area contributed by atoms with Crippen LogP contribution in [0.4, 0.5) is 0 Å². The zero-order chi connectivity index (χ0) is 11.8. The minimum atomic E-state index is 0.447. The maximum Gasteiger partial charge on any atom is 0.175 e. The van der Waals surface area contributed by atoms with Gasteiger partial charge in [0.15, 0.2) is 10.8 Å². The van der Waals surface area contributed by atoms with Crippen LogP contribution in [0.1, 0.15) is 17.8 Å². The average Bonchev–Trinajstić information content (AvgIpc) is 2.71. The predicted molar refractivity (Wildman–Crippen MR) is 66.1 cm³/mol. The second kappa shape index (κ2) is 4.13. The van der Waals surface area contributed by atoms with E-state index in [1.807, 2.05) is 23.7 Å². The Morgan fingerprint density at radius 1 is 1.35 bits per heavy atom. The van der Waals surface area contributed by atoms with E-state index in [1.54, 1.807) is 0 Å². The summed E-state index contributed by atoms with van der Waals surface area (Å²) in [6.07, 6.45) is 6.85. The maximum atomic E-state index is 6.14. The highest BCUT2D eigenvalue weighted by atomic mass is 35.5. The quantitative estimate of drug-likeness (QED) is 0.780. The summed E-state index contributed by atoms with van der Waals surface area (Å²) in [4.78, 5) is 8.72. The van der Waals surface area contributed by atoms with Crippen LogP contribution in [0.15, 0.2) is 18.5 Å². The van der Waals surface area contributed by atoms with Gasteiger partial charge in [-0.15, -0.1) is 0 Å². The number of hydrogen-bond acceptors (Lipinski definition) is 3. The van der Waals surface area contributed by atoms with Gasteiger partial charge in [0.2, 0.25) is 0 Å².